The quantitative estimate of drug-likeness (QED) is 0.790. The van der Waals surface area contributed by atoms with E-state index >= 15 is 0 Å². The normalized spacial score (nSPS) is 10.4. The zero-order valence-corrected chi connectivity index (χ0v) is 11.6. The molecule has 2 N–H and O–H groups in total. The summed E-state index contributed by atoms with van der Waals surface area (Å²) in [5.41, 5.74) is -0.0762. The molecule has 3 nitrogen and oxygen atoms in total. The first-order valence-corrected chi connectivity index (χ1v) is 6.45. The Labute approximate surface area is 113 Å². The molecule has 0 aliphatic heterocycles. The fourth-order valence-electron chi connectivity index (χ4n) is 1.36. The van der Waals surface area contributed by atoms with Gasteiger partial charge in [-0.15, -0.1) is 0 Å². The summed E-state index contributed by atoms with van der Waals surface area (Å²) < 4.78 is 27.1. The second kappa shape index (κ2) is 7.43. The Kier molecular flexibility index (Phi) is 6.21. The van der Waals surface area contributed by atoms with Crippen LogP contribution in [0.5, 0.6) is 0 Å². The molecule has 1 aromatic rings. The van der Waals surface area contributed by atoms with Gasteiger partial charge >= 0.3 is 0 Å². The lowest BCUT2D eigenvalue weighted by Gasteiger charge is -2.08. The molecule has 0 aliphatic carbocycles. The highest BCUT2D eigenvalue weighted by atomic mass is 79.9. The second-order valence-electron chi connectivity index (χ2n) is 3.78. The van der Waals surface area contributed by atoms with Crippen molar-refractivity contribution in [1.29, 1.82) is 0 Å². The number of halogens is 3. The molecule has 0 atom stereocenters. The van der Waals surface area contributed by atoms with Crippen LogP contribution in [-0.2, 0) is 11.3 Å². The summed E-state index contributed by atoms with van der Waals surface area (Å²) in [6.07, 6.45) is 0.848. The smallest absolute Gasteiger partial charge is 0.233 e. The van der Waals surface area contributed by atoms with E-state index in [4.69, 9.17) is 0 Å². The molecule has 18 heavy (non-hydrogen) atoms. The van der Waals surface area contributed by atoms with Gasteiger partial charge in [-0.25, -0.2) is 8.78 Å². The van der Waals surface area contributed by atoms with Crippen LogP contribution in [-0.4, -0.2) is 19.0 Å². The molecule has 0 radical (unpaired) electrons. The van der Waals surface area contributed by atoms with Gasteiger partial charge in [-0.2, -0.15) is 0 Å². The van der Waals surface area contributed by atoms with Gasteiger partial charge in [-0.3, -0.25) is 4.79 Å². The van der Waals surface area contributed by atoms with E-state index in [9.17, 15) is 13.6 Å². The fraction of sp³-hybridized carbons (Fsp3) is 0.417. The maximum Gasteiger partial charge on any atom is 0.233 e. The Bertz CT molecular complexity index is 427. The molecule has 0 aromatic heterocycles. The molecule has 1 amide bonds. The molecule has 0 heterocycles. The van der Waals surface area contributed by atoms with Gasteiger partial charge in [0.25, 0.3) is 0 Å². The first kappa shape index (κ1) is 15.0. The van der Waals surface area contributed by atoms with E-state index in [1.165, 1.54) is 12.1 Å². The largest absolute Gasteiger partial charge is 0.355 e. The first-order valence-electron chi connectivity index (χ1n) is 5.66. The van der Waals surface area contributed by atoms with Crippen LogP contribution in [0.1, 0.15) is 18.9 Å². The van der Waals surface area contributed by atoms with Gasteiger partial charge in [0.05, 0.1) is 11.0 Å². The highest BCUT2D eigenvalue weighted by Crippen LogP contribution is 2.21. The summed E-state index contributed by atoms with van der Waals surface area (Å²) in [5.74, 6) is -1.46. The SMILES string of the molecule is CCCNC(=O)CNCc1c(F)ccc(Br)c1F. The Morgan fingerprint density at radius 3 is 2.78 bits per heavy atom. The highest BCUT2D eigenvalue weighted by molar-refractivity contribution is 9.10. The lowest BCUT2D eigenvalue weighted by atomic mass is 10.2. The minimum atomic E-state index is -0.642. The molecule has 100 valence electrons. The Morgan fingerprint density at radius 2 is 2.11 bits per heavy atom. The van der Waals surface area contributed by atoms with Crippen molar-refractivity contribution >= 4 is 21.8 Å². The van der Waals surface area contributed by atoms with E-state index in [-0.39, 0.29) is 29.0 Å². The molecular weight excluding hydrogens is 306 g/mol. The topological polar surface area (TPSA) is 41.1 Å². The summed E-state index contributed by atoms with van der Waals surface area (Å²) in [6.45, 7) is 2.54. The van der Waals surface area contributed by atoms with Crippen LogP contribution < -0.4 is 10.6 Å². The molecule has 0 bridgehead atoms. The van der Waals surface area contributed by atoms with E-state index in [2.05, 4.69) is 26.6 Å². The zero-order valence-electron chi connectivity index (χ0n) is 10.0. The van der Waals surface area contributed by atoms with Crippen molar-refractivity contribution in [2.24, 2.45) is 0 Å². The number of hydrogen-bond acceptors (Lipinski definition) is 2. The second-order valence-corrected chi connectivity index (χ2v) is 4.63. The molecule has 1 rings (SSSR count). The average Bonchev–Trinajstić information content (AvgIpc) is 2.35. The third-order valence-corrected chi connectivity index (χ3v) is 2.91. The van der Waals surface area contributed by atoms with Crippen LogP contribution in [0, 0.1) is 11.6 Å². The minimum absolute atomic E-state index is 0.0311. The lowest BCUT2D eigenvalue weighted by Crippen LogP contribution is -2.34. The van der Waals surface area contributed by atoms with Crippen LogP contribution in [0.25, 0.3) is 0 Å². The van der Waals surface area contributed by atoms with E-state index in [0.29, 0.717) is 6.54 Å². The van der Waals surface area contributed by atoms with Gasteiger partial charge in [-0.1, -0.05) is 6.92 Å². The van der Waals surface area contributed by atoms with E-state index in [1.807, 2.05) is 6.92 Å². The van der Waals surface area contributed by atoms with Crippen molar-refractivity contribution in [3.05, 3.63) is 33.8 Å². The Hall–Kier alpha value is -1.01. The Morgan fingerprint density at radius 1 is 1.39 bits per heavy atom. The third-order valence-electron chi connectivity index (χ3n) is 2.30. The van der Waals surface area contributed by atoms with Gasteiger partial charge < -0.3 is 10.6 Å². The van der Waals surface area contributed by atoms with Crippen molar-refractivity contribution < 1.29 is 13.6 Å². The molecule has 6 heteroatoms. The average molecular weight is 321 g/mol. The summed E-state index contributed by atoms with van der Waals surface area (Å²) in [7, 11) is 0. The van der Waals surface area contributed by atoms with Crippen LogP contribution in [0.4, 0.5) is 8.78 Å². The zero-order chi connectivity index (χ0) is 13.5. The fourth-order valence-corrected chi connectivity index (χ4v) is 1.73. The number of nitrogens with one attached hydrogen (secondary N) is 2. The molecule has 0 unspecified atom stereocenters. The van der Waals surface area contributed by atoms with Crippen molar-refractivity contribution in [2.45, 2.75) is 19.9 Å². The predicted octanol–water partition coefficient (Wildman–Crippen LogP) is 2.34. The molecule has 1 aromatic carbocycles. The van der Waals surface area contributed by atoms with E-state index in [1.54, 1.807) is 0 Å². The number of rotatable bonds is 6. The number of hydrogen-bond donors (Lipinski definition) is 2. The van der Waals surface area contributed by atoms with Gasteiger partial charge in [-0.05, 0) is 34.5 Å². The van der Waals surface area contributed by atoms with Crippen LogP contribution in [0.3, 0.4) is 0 Å². The predicted molar refractivity (Wildman–Crippen MR) is 69.1 cm³/mol. The van der Waals surface area contributed by atoms with Crippen LogP contribution in [0.15, 0.2) is 16.6 Å². The summed E-state index contributed by atoms with van der Waals surface area (Å²) in [4.78, 5) is 11.3. The maximum absolute atomic E-state index is 13.6. The van der Waals surface area contributed by atoms with E-state index in [0.717, 1.165) is 6.42 Å². The molecular formula is C12H15BrF2N2O. The monoisotopic (exact) mass is 320 g/mol. The summed E-state index contributed by atoms with van der Waals surface area (Å²) in [5, 5.41) is 5.37. The number of carbonyl (C=O) groups is 1. The maximum atomic E-state index is 13.6. The molecule has 0 saturated carbocycles. The highest BCUT2D eigenvalue weighted by Gasteiger charge is 2.12. The standard InChI is InChI=1S/C12H15BrF2N2O/c1-2-5-17-11(18)7-16-6-8-10(14)4-3-9(13)12(8)15/h3-4,16H,2,5-7H2,1H3,(H,17,18). The van der Waals surface area contributed by atoms with E-state index < -0.39 is 11.6 Å². The summed E-state index contributed by atoms with van der Waals surface area (Å²) >= 11 is 2.99. The lowest BCUT2D eigenvalue weighted by molar-refractivity contribution is -0.120. The number of benzene rings is 1. The van der Waals surface area contributed by atoms with Gasteiger partial charge in [0.15, 0.2) is 0 Å². The number of carbonyl (C=O) groups excluding carboxylic acids is 1. The third kappa shape index (κ3) is 4.34. The van der Waals surface area contributed by atoms with Crippen molar-refractivity contribution in [3.8, 4) is 0 Å². The van der Waals surface area contributed by atoms with Gasteiger partial charge in [0, 0.05) is 18.7 Å². The van der Waals surface area contributed by atoms with Gasteiger partial charge in [0.2, 0.25) is 5.91 Å². The molecule has 0 saturated heterocycles. The first-order chi connectivity index (χ1) is 8.56. The molecule has 0 spiro atoms. The van der Waals surface area contributed by atoms with Crippen molar-refractivity contribution in [2.75, 3.05) is 13.1 Å². The summed E-state index contributed by atoms with van der Waals surface area (Å²) in [6, 6.07) is 2.49. The molecule has 0 aliphatic rings. The number of amides is 1. The van der Waals surface area contributed by atoms with Gasteiger partial charge in [0.1, 0.15) is 11.6 Å². The van der Waals surface area contributed by atoms with Crippen molar-refractivity contribution in [1.82, 2.24) is 10.6 Å². The Balaban J connectivity index is 2.49. The minimum Gasteiger partial charge on any atom is -0.355 e. The molecule has 0 fully saturated rings. The van der Waals surface area contributed by atoms with Crippen molar-refractivity contribution in [3.63, 3.8) is 0 Å². The van der Waals surface area contributed by atoms with Crippen LogP contribution >= 0.6 is 15.9 Å². The van der Waals surface area contributed by atoms with Crippen LogP contribution in [0.2, 0.25) is 0 Å².